The van der Waals surface area contributed by atoms with Crippen LogP contribution in [0.3, 0.4) is 0 Å². The second-order valence-corrected chi connectivity index (χ2v) is 8.17. The first kappa shape index (κ1) is 21.6. The molecule has 0 atom stereocenters. The molecule has 2 fully saturated rings. The number of ether oxygens (including phenoxy) is 1. The number of benzene rings is 1. The van der Waals surface area contributed by atoms with Crippen LogP contribution in [-0.2, 0) is 9.53 Å². The van der Waals surface area contributed by atoms with Gasteiger partial charge in [-0.2, -0.15) is 5.26 Å². The quantitative estimate of drug-likeness (QED) is 0.729. The topological polar surface area (TPSA) is 68.6 Å². The maximum absolute atomic E-state index is 11.8. The predicted octanol–water partition coefficient (Wildman–Crippen LogP) is 2.78. The summed E-state index contributed by atoms with van der Waals surface area (Å²) in [4.78, 5) is 16.7. The van der Waals surface area contributed by atoms with Gasteiger partial charge in [0.15, 0.2) is 0 Å². The van der Waals surface area contributed by atoms with Crippen LogP contribution in [0.25, 0.3) is 0 Å². The van der Waals surface area contributed by atoms with Crippen molar-refractivity contribution in [3.63, 3.8) is 0 Å². The van der Waals surface area contributed by atoms with E-state index in [4.69, 9.17) is 4.74 Å². The Kier molecular flexibility index (Phi) is 8.33. The summed E-state index contributed by atoms with van der Waals surface area (Å²) in [6.45, 7) is 7.91. The van der Waals surface area contributed by atoms with Crippen LogP contribution in [0, 0.1) is 17.2 Å². The van der Waals surface area contributed by atoms with E-state index < -0.39 is 0 Å². The van der Waals surface area contributed by atoms with Crippen molar-refractivity contribution < 1.29 is 9.53 Å². The van der Waals surface area contributed by atoms with E-state index in [9.17, 15) is 10.1 Å². The molecule has 6 heteroatoms. The normalized spacial score (nSPS) is 22.8. The third-order valence-electron chi connectivity index (χ3n) is 6.24. The number of carbonyl (C=O) groups is 1. The minimum absolute atomic E-state index is 0.0196. The molecule has 1 saturated heterocycles. The van der Waals surface area contributed by atoms with E-state index in [1.54, 1.807) is 0 Å². The van der Waals surface area contributed by atoms with Gasteiger partial charge in [-0.25, -0.2) is 0 Å². The molecule has 3 rings (SSSR count). The van der Waals surface area contributed by atoms with Crippen LogP contribution >= 0.6 is 0 Å². The number of carbonyl (C=O) groups excluding carboxylic acids is 1. The number of nitriles is 1. The second kappa shape index (κ2) is 11.2. The van der Waals surface area contributed by atoms with Gasteiger partial charge in [-0.1, -0.05) is 12.1 Å². The molecule has 0 spiro atoms. The zero-order chi connectivity index (χ0) is 20.5. The van der Waals surface area contributed by atoms with Crippen LogP contribution < -0.4 is 10.2 Å². The number of rotatable bonds is 8. The van der Waals surface area contributed by atoms with Crippen molar-refractivity contribution in [1.82, 2.24) is 10.2 Å². The van der Waals surface area contributed by atoms with Gasteiger partial charge in [0.05, 0.1) is 11.3 Å². The lowest BCUT2D eigenvalue weighted by atomic mass is 9.84. The molecule has 158 valence electrons. The number of nitrogens with one attached hydrogen (secondary N) is 1. The zero-order valence-electron chi connectivity index (χ0n) is 17.6. The average molecular weight is 399 g/mol. The Labute approximate surface area is 174 Å². The molecule has 29 heavy (non-hydrogen) atoms. The Hall–Kier alpha value is -2.10. The minimum Gasteiger partial charge on any atom is -0.372 e. The number of para-hydroxylation sites is 1. The predicted molar refractivity (Wildman–Crippen MR) is 115 cm³/mol. The van der Waals surface area contributed by atoms with Crippen molar-refractivity contribution >= 4 is 11.6 Å². The first-order chi connectivity index (χ1) is 14.2. The molecule has 1 heterocycles. The highest BCUT2D eigenvalue weighted by Crippen LogP contribution is 2.27. The number of amides is 1. The van der Waals surface area contributed by atoms with Crippen molar-refractivity contribution in [3.05, 3.63) is 29.8 Å². The van der Waals surface area contributed by atoms with Gasteiger partial charge in [0.1, 0.15) is 12.7 Å². The molecule has 1 amide bonds. The number of nitrogens with zero attached hydrogens (tertiary/aromatic N) is 3. The van der Waals surface area contributed by atoms with Crippen molar-refractivity contribution in [2.24, 2.45) is 5.92 Å². The van der Waals surface area contributed by atoms with Gasteiger partial charge in [0.2, 0.25) is 5.91 Å². The van der Waals surface area contributed by atoms with Gasteiger partial charge >= 0.3 is 0 Å². The van der Waals surface area contributed by atoms with Crippen LogP contribution in [-0.4, -0.2) is 62.8 Å². The van der Waals surface area contributed by atoms with Crippen molar-refractivity contribution in [2.45, 2.75) is 45.1 Å². The number of piperazine rings is 1. The summed E-state index contributed by atoms with van der Waals surface area (Å²) in [5.74, 6) is 0.790. The Balaban J connectivity index is 1.33. The fraction of sp³-hybridized carbons (Fsp3) is 0.652. The molecular formula is C23H34N4O2. The molecule has 6 nitrogen and oxygen atoms in total. The van der Waals surface area contributed by atoms with Crippen LogP contribution in [0.15, 0.2) is 24.3 Å². The molecule has 1 N–H and O–H groups in total. The van der Waals surface area contributed by atoms with Crippen molar-refractivity contribution in [1.29, 1.82) is 5.26 Å². The van der Waals surface area contributed by atoms with Crippen LogP contribution in [0.4, 0.5) is 5.69 Å². The molecule has 1 aliphatic heterocycles. The Bertz CT molecular complexity index is 686. The third kappa shape index (κ3) is 6.45. The van der Waals surface area contributed by atoms with Gasteiger partial charge in [-0.15, -0.1) is 0 Å². The summed E-state index contributed by atoms with van der Waals surface area (Å²) >= 11 is 0. The van der Waals surface area contributed by atoms with E-state index >= 15 is 0 Å². The van der Waals surface area contributed by atoms with E-state index in [1.165, 1.54) is 19.3 Å². The lowest BCUT2D eigenvalue weighted by Crippen LogP contribution is -2.47. The van der Waals surface area contributed by atoms with Crippen LogP contribution in [0.2, 0.25) is 0 Å². The summed E-state index contributed by atoms with van der Waals surface area (Å²) in [7, 11) is 0. The molecule has 1 saturated carbocycles. The summed E-state index contributed by atoms with van der Waals surface area (Å²) in [6, 6.07) is 10.5. The maximum Gasteiger partial charge on any atom is 0.246 e. The van der Waals surface area contributed by atoms with E-state index in [1.807, 2.05) is 25.1 Å². The van der Waals surface area contributed by atoms with Gasteiger partial charge in [0.25, 0.3) is 0 Å². The van der Waals surface area contributed by atoms with Gasteiger partial charge in [-0.3, -0.25) is 9.69 Å². The van der Waals surface area contributed by atoms with E-state index in [2.05, 4.69) is 27.3 Å². The SMILES string of the molecule is CCOCC(=O)NC1CCC(CCN2CCN(c3ccccc3C#N)CC2)CC1. The molecule has 0 aromatic heterocycles. The Morgan fingerprint density at radius 2 is 1.90 bits per heavy atom. The average Bonchev–Trinajstić information content (AvgIpc) is 2.77. The fourth-order valence-corrected chi connectivity index (χ4v) is 4.48. The summed E-state index contributed by atoms with van der Waals surface area (Å²) < 4.78 is 5.18. The van der Waals surface area contributed by atoms with E-state index in [-0.39, 0.29) is 12.5 Å². The maximum atomic E-state index is 11.8. The Morgan fingerprint density at radius 1 is 1.17 bits per heavy atom. The number of hydrogen-bond donors (Lipinski definition) is 1. The molecular weight excluding hydrogens is 364 g/mol. The summed E-state index contributed by atoms with van der Waals surface area (Å²) in [6.07, 6.45) is 5.82. The highest BCUT2D eigenvalue weighted by Gasteiger charge is 2.24. The van der Waals surface area contributed by atoms with E-state index in [0.717, 1.165) is 62.7 Å². The van der Waals surface area contributed by atoms with Crippen LogP contribution in [0.5, 0.6) is 0 Å². The highest BCUT2D eigenvalue weighted by atomic mass is 16.5. The number of anilines is 1. The van der Waals surface area contributed by atoms with Gasteiger partial charge < -0.3 is 15.0 Å². The first-order valence-electron chi connectivity index (χ1n) is 11.0. The molecule has 0 bridgehead atoms. The zero-order valence-corrected chi connectivity index (χ0v) is 17.6. The Morgan fingerprint density at radius 3 is 2.59 bits per heavy atom. The summed E-state index contributed by atoms with van der Waals surface area (Å²) in [5.41, 5.74) is 1.84. The van der Waals surface area contributed by atoms with Gasteiger partial charge in [-0.05, 0) is 63.6 Å². The van der Waals surface area contributed by atoms with Crippen molar-refractivity contribution in [2.75, 3.05) is 50.8 Å². The lowest BCUT2D eigenvalue weighted by molar-refractivity contribution is -0.126. The third-order valence-corrected chi connectivity index (χ3v) is 6.24. The first-order valence-corrected chi connectivity index (χ1v) is 11.0. The standard InChI is InChI=1S/C23H34N4O2/c1-2-29-18-23(28)25-21-9-7-19(8-10-21)11-12-26-13-15-27(16-14-26)22-6-4-3-5-20(22)17-24/h3-6,19,21H,2,7-16,18H2,1H3,(H,25,28). The minimum atomic E-state index is 0.0196. The van der Waals surface area contributed by atoms with Crippen LogP contribution in [0.1, 0.15) is 44.6 Å². The largest absolute Gasteiger partial charge is 0.372 e. The summed E-state index contributed by atoms with van der Waals surface area (Å²) in [5, 5.41) is 12.4. The number of hydrogen-bond acceptors (Lipinski definition) is 5. The van der Waals surface area contributed by atoms with Gasteiger partial charge in [0, 0.05) is 38.8 Å². The molecule has 1 aromatic carbocycles. The molecule has 1 aromatic rings. The van der Waals surface area contributed by atoms with E-state index in [0.29, 0.717) is 12.6 Å². The molecule has 2 aliphatic rings. The monoisotopic (exact) mass is 398 g/mol. The van der Waals surface area contributed by atoms with Crippen molar-refractivity contribution in [3.8, 4) is 6.07 Å². The lowest BCUT2D eigenvalue weighted by Gasteiger charge is -2.37. The molecule has 0 unspecified atom stereocenters. The fourth-order valence-electron chi connectivity index (χ4n) is 4.48. The highest BCUT2D eigenvalue weighted by molar-refractivity contribution is 5.77. The second-order valence-electron chi connectivity index (χ2n) is 8.17. The smallest absolute Gasteiger partial charge is 0.246 e. The molecule has 1 aliphatic carbocycles. The molecule has 0 radical (unpaired) electrons.